The van der Waals surface area contributed by atoms with Gasteiger partial charge < -0.3 is 9.88 Å². The molecular formula is C15H18N6. The highest BCUT2D eigenvalue weighted by Gasteiger charge is 2.26. The zero-order valence-corrected chi connectivity index (χ0v) is 12.2. The summed E-state index contributed by atoms with van der Waals surface area (Å²) in [5, 5.41) is 7.95. The van der Waals surface area contributed by atoms with Crippen LogP contribution in [-0.2, 0) is 20.6 Å². The summed E-state index contributed by atoms with van der Waals surface area (Å²) in [5.41, 5.74) is 4.41. The van der Waals surface area contributed by atoms with Crippen LogP contribution in [0.2, 0.25) is 0 Å². The van der Waals surface area contributed by atoms with Crippen LogP contribution < -0.4 is 5.32 Å². The Labute approximate surface area is 122 Å². The molecule has 3 aromatic rings. The molecule has 1 aliphatic rings. The van der Waals surface area contributed by atoms with E-state index in [1.54, 1.807) is 12.5 Å². The molecule has 1 saturated carbocycles. The van der Waals surface area contributed by atoms with Crippen molar-refractivity contribution >= 4 is 16.9 Å². The van der Waals surface area contributed by atoms with Crippen LogP contribution in [-0.4, -0.2) is 24.3 Å². The summed E-state index contributed by atoms with van der Waals surface area (Å²) < 4.78 is 3.96. The Morgan fingerprint density at radius 3 is 2.90 bits per heavy atom. The smallest absolute Gasteiger partial charge is 0.128 e. The molecule has 108 valence electrons. The third kappa shape index (κ3) is 2.26. The highest BCUT2D eigenvalue weighted by atomic mass is 15.3. The molecule has 0 amide bonds. The quantitative estimate of drug-likeness (QED) is 0.797. The van der Waals surface area contributed by atoms with Crippen LogP contribution >= 0.6 is 0 Å². The maximum atomic E-state index is 4.58. The van der Waals surface area contributed by atoms with Gasteiger partial charge in [0.1, 0.15) is 11.3 Å². The fraction of sp³-hybridized carbons (Fsp3) is 0.400. The van der Waals surface area contributed by atoms with E-state index in [-0.39, 0.29) is 0 Å². The van der Waals surface area contributed by atoms with E-state index in [1.165, 1.54) is 24.2 Å². The minimum absolute atomic E-state index is 0.689. The number of nitrogens with zero attached hydrogens (tertiary/aromatic N) is 5. The lowest BCUT2D eigenvalue weighted by Crippen LogP contribution is -2.06. The van der Waals surface area contributed by atoms with Crippen molar-refractivity contribution in [1.82, 2.24) is 24.3 Å². The lowest BCUT2D eigenvalue weighted by molar-refractivity contribution is 0.705. The van der Waals surface area contributed by atoms with E-state index in [0.29, 0.717) is 5.92 Å². The number of anilines is 1. The Bertz CT molecular complexity index is 796. The Hall–Kier alpha value is -2.37. The predicted molar refractivity (Wildman–Crippen MR) is 81.0 cm³/mol. The van der Waals surface area contributed by atoms with E-state index < -0.39 is 0 Å². The molecule has 3 aromatic heterocycles. The van der Waals surface area contributed by atoms with Crippen molar-refractivity contribution in [1.29, 1.82) is 0 Å². The van der Waals surface area contributed by atoms with Gasteiger partial charge in [0.25, 0.3) is 0 Å². The summed E-state index contributed by atoms with van der Waals surface area (Å²) in [5.74, 6) is 1.55. The van der Waals surface area contributed by atoms with E-state index in [0.717, 1.165) is 23.4 Å². The molecule has 1 fully saturated rings. The monoisotopic (exact) mass is 282 g/mol. The first kappa shape index (κ1) is 12.4. The van der Waals surface area contributed by atoms with E-state index in [9.17, 15) is 0 Å². The fourth-order valence-electron chi connectivity index (χ4n) is 2.58. The van der Waals surface area contributed by atoms with E-state index in [2.05, 4.69) is 26.4 Å². The lowest BCUT2D eigenvalue weighted by Gasteiger charge is -2.06. The van der Waals surface area contributed by atoms with Gasteiger partial charge in [-0.3, -0.25) is 4.68 Å². The normalized spacial score (nSPS) is 14.8. The summed E-state index contributed by atoms with van der Waals surface area (Å²) in [6.45, 7) is 0.729. The molecule has 0 bridgehead atoms. The van der Waals surface area contributed by atoms with Crippen molar-refractivity contribution in [3.05, 3.63) is 36.0 Å². The van der Waals surface area contributed by atoms with Gasteiger partial charge in [0.2, 0.25) is 0 Å². The van der Waals surface area contributed by atoms with Crippen LogP contribution in [0.25, 0.3) is 11.0 Å². The van der Waals surface area contributed by atoms with Crippen LogP contribution in [0.1, 0.15) is 30.1 Å². The van der Waals surface area contributed by atoms with Gasteiger partial charge in [-0.05, 0) is 18.9 Å². The Morgan fingerprint density at radius 2 is 2.10 bits per heavy atom. The van der Waals surface area contributed by atoms with Crippen LogP contribution in [0.15, 0.2) is 24.7 Å². The van der Waals surface area contributed by atoms with Gasteiger partial charge in [-0.25, -0.2) is 9.97 Å². The molecule has 1 N–H and O–H groups in total. The topological polar surface area (TPSA) is 60.6 Å². The molecular weight excluding hydrogens is 264 g/mol. The Morgan fingerprint density at radius 1 is 1.24 bits per heavy atom. The van der Waals surface area contributed by atoms with Gasteiger partial charge in [-0.1, -0.05) is 0 Å². The number of hydrogen-bond donors (Lipinski definition) is 1. The minimum Gasteiger partial charge on any atom is -0.364 e. The zero-order valence-electron chi connectivity index (χ0n) is 12.2. The number of aryl methyl sites for hydroxylation is 2. The van der Waals surface area contributed by atoms with Crippen molar-refractivity contribution < 1.29 is 0 Å². The van der Waals surface area contributed by atoms with Crippen LogP contribution in [0.3, 0.4) is 0 Å². The maximum absolute atomic E-state index is 4.58. The third-order valence-corrected chi connectivity index (χ3v) is 4.05. The number of pyridine rings is 1. The van der Waals surface area contributed by atoms with Gasteiger partial charge in [0.15, 0.2) is 0 Å². The van der Waals surface area contributed by atoms with Gasteiger partial charge in [-0.15, -0.1) is 0 Å². The lowest BCUT2D eigenvalue weighted by atomic mass is 10.2. The molecule has 0 radical (unpaired) electrons. The number of rotatable bonds is 4. The van der Waals surface area contributed by atoms with Crippen molar-refractivity contribution in [2.75, 3.05) is 5.32 Å². The van der Waals surface area contributed by atoms with Crippen molar-refractivity contribution in [2.45, 2.75) is 25.3 Å². The van der Waals surface area contributed by atoms with Crippen LogP contribution in [0, 0.1) is 0 Å². The van der Waals surface area contributed by atoms with Crippen molar-refractivity contribution in [2.24, 2.45) is 14.1 Å². The summed E-state index contributed by atoms with van der Waals surface area (Å²) >= 11 is 0. The first-order valence-corrected chi connectivity index (χ1v) is 7.24. The molecule has 21 heavy (non-hydrogen) atoms. The second kappa shape index (κ2) is 4.58. The standard InChI is InChI=1S/C15H18N6/c1-20-9-18-13-8-17-15(6-14(13)20)16-7-11-5-12(10-3-4-10)19-21(11)2/h5-6,8-10H,3-4,7H2,1-2H3,(H,16,17). The number of aromatic nitrogens is 5. The molecule has 0 saturated heterocycles. The SMILES string of the molecule is Cn1nc(C2CC2)cc1CNc1cc2c(cn1)ncn2C. The molecule has 1 aliphatic carbocycles. The van der Waals surface area contributed by atoms with Crippen molar-refractivity contribution in [3.63, 3.8) is 0 Å². The number of imidazole rings is 1. The fourth-order valence-corrected chi connectivity index (χ4v) is 2.58. The van der Waals surface area contributed by atoms with Gasteiger partial charge in [0.05, 0.1) is 36.0 Å². The molecule has 3 heterocycles. The van der Waals surface area contributed by atoms with E-state index in [1.807, 2.05) is 29.4 Å². The molecule has 6 nitrogen and oxygen atoms in total. The van der Waals surface area contributed by atoms with Crippen LogP contribution in [0.4, 0.5) is 5.82 Å². The second-order valence-electron chi connectivity index (χ2n) is 5.73. The van der Waals surface area contributed by atoms with E-state index in [4.69, 9.17) is 0 Å². The molecule has 0 unspecified atom stereocenters. The number of hydrogen-bond acceptors (Lipinski definition) is 4. The Balaban J connectivity index is 1.53. The summed E-state index contributed by atoms with van der Waals surface area (Å²) in [6.07, 6.45) is 6.17. The minimum atomic E-state index is 0.689. The van der Waals surface area contributed by atoms with Crippen molar-refractivity contribution in [3.8, 4) is 0 Å². The highest BCUT2D eigenvalue weighted by Crippen LogP contribution is 2.39. The largest absolute Gasteiger partial charge is 0.364 e. The Kier molecular flexibility index (Phi) is 2.70. The third-order valence-electron chi connectivity index (χ3n) is 4.05. The highest BCUT2D eigenvalue weighted by molar-refractivity contribution is 5.77. The van der Waals surface area contributed by atoms with E-state index >= 15 is 0 Å². The second-order valence-corrected chi connectivity index (χ2v) is 5.73. The predicted octanol–water partition coefficient (Wildman–Crippen LogP) is 2.19. The molecule has 6 heteroatoms. The first-order chi connectivity index (χ1) is 10.2. The van der Waals surface area contributed by atoms with Crippen LogP contribution in [0.5, 0.6) is 0 Å². The summed E-state index contributed by atoms with van der Waals surface area (Å²) in [7, 11) is 3.99. The molecule has 4 rings (SSSR count). The van der Waals surface area contributed by atoms with Gasteiger partial charge in [0, 0.05) is 26.1 Å². The average molecular weight is 282 g/mol. The molecule has 0 aromatic carbocycles. The molecule has 0 aliphatic heterocycles. The van der Waals surface area contributed by atoms with Gasteiger partial charge in [-0.2, -0.15) is 5.10 Å². The first-order valence-electron chi connectivity index (χ1n) is 7.24. The summed E-state index contributed by atoms with van der Waals surface area (Å²) in [4.78, 5) is 8.68. The maximum Gasteiger partial charge on any atom is 0.128 e. The molecule has 0 spiro atoms. The number of nitrogens with one attached hydrogen (secondary N) is 1. The molecule has 0 atom stereocenters. The average Bonchev–Trinajstić information content (AvgIpc) is 3.18. The van der Waals surface area contributed by atoms with Gasteiger partial charge >= 0.3 is 0 Å². The summed E-state index contributed by atoms with van der Waals surface area (Å²) in [6, 6.07) is 4.23. The zero-order chi connectivity index (χ0) is 14.4. The number of fused-ring (bicyclic) bond motifs is 1.